The highest BCUT2D eigenvalue weighted by Gasteiger charge is 2.18. The summed E-state index contributed by atoms with van der Waals surface area (Å²) in [6, 6.07) is 41.8. The Labute approximate surface area is 336 Å². The van der Waals surface area contributed by atoms with Gasteiger partial charge in [0.1, 0.15) is 0 Å². The van der Waals surface area contributed by atoms with Crippen molar-refractivity contribution in [2.75, 3.05) is 4.90 Å². The molecule has 0 atom stereocenters. The summed E-state index contributed by atoms with van der Waals surface area (Å²) in [6.07, 6.45) is 22.3. The number of aromatic nitrogens is 1. The second-order valence-corrected chi connectivity index (χ2v) is 14.8. The third kappa shape index (κ3) is 7.19. The number of nitrogens with zero attached hydrogens (tertiary/aromatic N) is 1. The van der Waals surface area contributed by atoms with Gasteiger partial charge in [0.15, 0.2) is 0 Å². The molecule has 6 aromatic carbocycles. The summed E-state index contributed by atoms with van der Waals surface area (Å²) < 4.78 is 0. The van der Waals surface area contributed by atoms with Crippen LogP contribution in [0.3, 0.4) is 0 Å². The highest BCUT2D eigenvalue weighted by Crippen LogP contribution is 2.40. The zero-order valence-corrected chi connectivity index (χ0v) is 33.3. The van der Waals surface area contributed by atoms with Crippen molar-refractivity contribution in [3.8, 4) is 11.1 Å². The minimum absolute atomic E-state index is 0.877. The van der Waals surface area contributed by atoms with E-state index in [1.54, 1.807) is 0 Å². The Hall–Kier alpha value is -6.90. The van der Waals surface area contributed by atoms with Crippen LogP contribution in [0.25, 0.3) is 67.5 Å². The number of nitrogens with one attached hydrogen (secondary N) is 1. The molecule has 278 valence electrons. The topological polar surface area (TPSA) is 19.0 Å². The van der Waals surface area contributed by atoms with Crippen molar-refractivity contribution in [3.63, 3.8) is 0 Å². The van der Waals surface area contributed by atoms with Crippen LogP contribution in [0.1, 0.15) is 43.9 Å². The van der Waals surface area contributed by atoms with Crippen molar-refractivity contribution in [1.29, 1.82) is 0 Å². The fourth-order valence-electron chi connectivity index (χ4n) is 8.34. The summed E-state index contributed by atoms with van der Waals surface area (Å²) in [6.45, 7) is 17.3. The van der Waals surface area contributed by atoms with E-state index in [1.807, 2.05) is 12.2 Å². The molecule has 0 spiro atoms. The number of hydrogen-bond donors (Lipinski definition) is 1. The average Bonchev–Trinajstić information content (AvgIpc) is 3.52. The van der Waals surface area contributed by atoms with Crippen molar-refractivity contribution in [1.82, 2.24) is 4.98 Å². The molecule has 0 saturated heterocycles. The lowest BCUT2D eigenvalue weighted by Gasteiger charge is -2.27. The molecule has 0 amide bonds. The molecule has 8 rings (SSSR count). The van der Waals surface area contributed by atoms with E-state index in [4.69, 9.17) is 6.58 Å². The van der Waals surface area contributed by atoms with E-state index >= 15 is 0 Å². The molecule has 2 nitrogen and oxygen atoms in total. The monoisotopic (exact) mass is 736 g/mol. The molecule has 0 fully saturated rings. The van der Waals surface area contributed by atoms with Gasteiger partial charge < -0.3 is 9.88 Å². The molecule has 57 heavy (non-hydrogen) atoms. The molecule has 0 radical (unpaired) electrons. The number of rotatable bonds is 9. The van der Waals surface area contributed by atoms with Crippen LogP contribution in [0.4, 0.5) is 11.4 Å². The van der Waals surface area contributed by atoms with Crippen LogP contribution in [0.2, 0.25) is 0 Å². The normalized spacial score (nSPS) is 14.1. The molecule has 0 aliphatic heterocycles. The molecular weight excluding hydrogens is 689 g/mol. The van der Waals surface area contributed by atoms with Gasteiger partial charge in [0, 0.05) is 38.9 Å². The van der Waals surface area contributed by atoms with Crippen molar-refractivity contribution in [2.45, 2.75) is 34.1 Å². The van der Waals surface area contributed by atoms with Gasteiger partial charge in [0.25, 0.3) is 0 Å². The van der Waals surface area contributed by atoms with Crippen LogP contribution in [-0.4, -0.2) is 4.98 Å². The number of hydrogen-bond acceptors (Lipinski definition) is 1. The Morgan fingerprint density at radius 3 is 2.37 bits per heavy atom. The molecule has 1 heterocycles. The largest absolute Gasteiger partial charge is 0.354 e. The van der Waals surface area contributed by atoms with Crippen molar-refractivity contribution < 1.29 is 0 Å². The maximum atomic E-state index is 4.76. The number of allylic oxidation sites excluding steroid dienone is 11. The minimum Gasteiger partial charge on any atom is -0.354 e. The van der Waals surface area contributed by atoms with Crippen LogP contribution in [-0.2, 0) is 0 Å². The second kappa shape index (κ2) is 16.1. The average molecular weight is 737 g/mol. The lowest BCUT2D eigenvalue weighted by Crippen LogP contribution is -2.27. The highest BCUT2D eigenvalue weighted by molar-refractivity contribution is 6.17. The maximum absolute atomic E-state index is 4.76. The number of H-pyrrole nitrogens is 1. The van der Waals surface area contributed by atoms with Gasteiger partial charge >= 0.3 is 0 Å². The van der Waals surface area contributed by atoms with Gasteiger partial charge in [-0.05, 0) is 137 Å². The zero-order valence-electron chi connectivity index (χ0n) is 33.3. The summed E-state index contributed by atoms with van der Waals surface area (Å²) in [4.78, 5) is 5.99. The lowest BCUT2D eigenvalue weighted by molar-refractivity contribution is 1.20. The second-order valence-electron chi connectivity index (χ2n) is 14.8. The highest BCUT2D eigenvalue weighted by atomic mass is 15.1. The standard InChI is InChI=1S/C55H48N2/c1-7-10-22-49-37(4)26-33-53-54(49)55-51(24-15-25-52(55)56-53)44-20-14-21-47(36-44)57(39(6)35-45-28-27-42-17-11-12-23-50(42)48(45)9-3)46-31-29-41(30-32-46)43-19-13-18-40(16-8-2)38(5)34-43/h7-33,35-36,56H,1,6,34H2,2-5H3/b16-8-,22-10-,45-35-,48-9+. The van der Waals surface area contributed by atoms with E-state index < -0.39 is 0 Å². The molecule has 2 heteroatoms. The van der Waals surface area contributed by atoms with Crippen LogP contribution >= 0.6 is 0 Å². The summed E-state index contributed by atoms with van der Waals surface area (Å²) in [5, 5.41) is 7.23. The number of aromatic amines is 1. The van der Waals surface area contributed by atoms with Gasteiger partial charge in [-0.2, -0.15) is 0 Å². The van der Waals surface area contributed by atoms with E-state index in [-0.39, 0.29) is 0 Å². The Bertz CT molecular complexity index is 2990. The molecule has 1 aliphatic carbocycles. The molecule has 0 saturated carbocycles. The van der Waals surface area contributed by atoms with Crippen molar-refractivity contribution in [2.24, 2.45) is 0 Å². The fourth-order valence-corrected chi connectivity index (χ4v) is 8.34. The quantitative estimate of drug-likeness (QED) is 0.146. The van der Waals surface area contributed by atoms with E-state index in [2.05, 4.69) is 208 Å². The van der Waals surface area contributed by atoms with Crippen LogP contribution in [0.15, 0.2) is 188 Å². The first-order valence-corrected chi connectivity index (χ1v) is 19.8. The number of aryl methyl sites for hydroxylation is 1. The van der Waals surface area contributed by atoms with Gasteiger partial charge in [-0.1, -0.05) is 152 Å². The molecule has 1 N–H and O–H groups in total. The van der Waals surface area contributed by atoms with Crippen molar-refractivity contribution in [3.05, 3.63) is 215 Å². The van der Waals surface area contributed by atoms with Gasteiger partial charge in [0.05, 0.1) is 0 Å². The summed E-state index contributed by atoms with van der Waals surface area (Å²) >= 11 is 0. The maximum Gasteiger partial charge on any atom is 0.0471 e. The van der Waals surface area contributed by atoms with Crippen LogP contribution in [0, 0.1) is 6.92 Å². The summed E-state index contributed by atoms with van der Waals surface area (Å²) in [5.74, 6) is 0. The third-order valence-electron chi connectivity index (χ3n) is 11.1. The number of benzene rings is 6. The van der Waals surface area contributed by atoms with E-state index in [0.29, 0.717) is 0 Å². The minimum atomic E-state index is 0.877. The van der Waals surface area contributed by atoms with Gasteiger partial charge in [-0.15, -0.1) is 0 Å². The summed E-state index contributed by atoms with van der Waals surface area (Å²) in [7, 11) is 0. The Morgan fingerprint density at radius 2 is 1.56 bits per heavy atom. The molecule has 0 bridgehead atoms. The number of anilines is 2. The Kier molecular flexibility index (Phi) is 10.4. The molecule has 1 aliphatic rings. The zero-order chi connectivity index (χ0) is 39.5. The van der Waals surface area contributed by atoms with Gasteiger partial charge in [0.2, 0.25) is 0 Å². The SMILES string of the molecule is C=C/C=C\c1c(C)ccc2[nH]c3cccc(-c4cccc(N(C(=C)/C=c5/ccc6ccccc6/c5=C/C)c5ccc(C6=CC=CC(/C=C\C)=C(C)C6)cc5)c4)c3c12. The smallest absolute Gasteiger partial charge is 0.0471 e. The first-order valence-electron chi connectivity index (χ1n) is 19.8. The summed E-state index contributed by atoms with van der Waals surface area (Å²) in [5.41, 5.74) is 15.1. The molecule has 0 unspecified atom stereocenters. The third-order valence-corrected chi connectivity index (χ3v) is 11.1. The lowest BCUT2D eigenvalue weighted by atomic mass is 9.95. The Balaban J connectivity index is 1.28. The first kappa shape index (κ1) is 37.0. The molecular formula is C55H48N2. The van der Waals surface area contributed by atoms with Gasteiger partial charge in [-0.3, -0.25) is 0 Å². The fraction of sp³-hybridized carbons (Fsp3) is 0.0909. The predicted molar refractivity (Wildman–Crippen MR) is 250 cm³/mol. The predicted octanol–water partition coefficient (Wildman–Crippen LogP) is 13.8. The molecule has 7 aromatic rings. The molecule has 1 aromatic heterocycles. The first-order chi connectivity index (χ1) is 27.9. The van der Waals surface area contributed by atoms with Crippen molar-refractivity contribution >= 4 is 67.8 Å². The van der Waals surface area contributed by atoms with Gasteiger partial charge in [-0.25, -0.2) is 0 Å². The van der Waals surface area contributed by atoms with Crippen LogP contribution < -0.4 is 15.3 Å². The Morgan fingerprint density at radius 1 is 0.754 bits per heavy atom. The van der Waals surface area contributed by atoms with E-state index in [0.717, 1.165) is 45.3 Å². The number of fused-ring (bicyclic) bond motifs is 4. The van der Waals surface area contributed by atoms with E-state index in [1.165, 1.54) is 65.7 Å². The van der Waals surface area contributed by atoms with E-state index in [9.17, 15) is 0 Å². The van der Waals surface area contributed by atoms with Crippen LogP contribution in [0.5, 0.6) is 0 Å².